The van der Waals surface area contributed by atoms with Gasteiger partial charge in [0.25, 0.3) is 0 Å². The van der Waals surface area contributed by atoms with Crippen molar-refractivity contribution in [3.05, 3.63) is 11.6 Å². The van der Waals surface area contributed by atoms with Crippen LogP contribution in [0.5, 0.6) is 0 Å². The van der Waals surface area contributed by atoms with Crippen molar-refractivity contribution in [2.75, 3.05) is 7.11 Å². The number of carbonyl (C=O) groups is 1. The van der Waals surface area contributed by atoms with E-state index in [1.165, 1.54) is 12.8 Å². The maximum Gasteiger partial charge on any atom is 0.312 e. The first-order valence-corrected chi connectivity index (χ1v) is 15.4. The fourth-order valence-electron chi connectivity index (χ4n) is 10.9. The number of ether oxygens (including phenoxy) is 1. The molecule has 1 N–H and O–H groups in total. The lowest BCUT2D eigenvalue weighted by Crippen LogP contribution is -2.66. The van der Waals surface area contributed by atoms with Crippen LogP contribution in [0.15, 0.2) is 11.6 Å². The maximum atomic E-state index is 13.4. The molecule has 0 unspecified atom stereocenters. The van der Waals surface area contributed by atoms with Crippen molar-refractivity contribution in [1.82, 2.24) is 0 Å². The van der Waals surface area contributed by atoms with Crippen LogP contribution in [-0.2, 0) is 9.53 Å². The molecule has 0 aromatic heterocycles. The second-order valence-corrected chi connectivity index (χ2v) is 16.9. The van der Waals surface area contributed by atoms with E-state index in [2.05, 4.69) is 77.1 Å². The summed E-state index contributed by atoms with van der Waals surface area (Å²) in [5, 5.41) is 11.2. The molecule has 35 heavy (non-hydrogen) atoms. The van der Waals surface area contributed by atoms with Gasteiger partial charge >= 0.3 is 5.97 Å². The SMILES string of the molecule is COC(=O)[C@]12CCC(C)(C)C[C@H]1C1=CC[C@@H]3[C@@]4(C)C[C@@H](I)[C@H](O)C(C)(C)[C@@H]4CC[C@@]3(C)[C@]1(C)CC2. The van der Waals surface area contributed by atoms with Gasteiger partial charge in [-0.25, -0.2) is 0 Å². The van der Waals surface area contributed by atoms with Crippen LogP contribution in [0.4, 0.5) is 0 Å². The van der Waals surface area contributed by atoms with E-state index >= 15 is 0 Å². The van der Waals surface area contributed by atoms with E-state index in [-0.39, 0.29) is 44.6 Å². The van der Waals surface area contributed by atoms with Gasteiger partial charge in [-0.3, -0.25) is 4.79 Å². The number of rotatable bonds is 1. The number of allylic oxidation sites excluding steroid dienone is 2. The number of hydrogen-bond acceptors (Lipinski definition) is 3. The lowest BCUT2D eigenvalue weighted by molar-refractivity contribution is -0.203. The second kappa shape index (κ2) is 7.96. The lowest BCUT2D eigenvalue weighted by atomic mass is 9.33. The smallest absolute Gasteiger partial charge is 0.312 e. The van der Waals surface area contributed by atoms with E-state index in [0.29, 0.717) is 21.7 Å². The van der Waals surface area contributed by atoms with Crippen LogP contribution in [0.3, 0.4) is 0 Å². The molecule has 0 radical (unpaired) electrons. The summed E-state index contributed by atoms with van der Waals surface area (Å²) in [4.78, 5) is 13.4. The molecule has 0 saturated heterocycles. The van der Waals surface area contributed by atoms with Gasteiger partial charge in [-0.15, -0.1) is 0 Å². The summed E-state index contributed by atoms with van der Waals surface area (Å²) >= 11 is 2.54. The van der Waals surface area contributed by atoms with E-state index in [4.69, 9.17) is 4.74 Å². The fraction of sp³-hybridized carbons (Fsp3) is 0.903. The molecule has 0 spiro atoms. The molecule has 0 aromatic rings. The van der Waals surface area contributed by atoms with Crippen LogP contribution in [0, 0.1) is 50.2 Å². The molecule has 5 aliphatic rings. The van der Waals surface area contributed by atoms with Crippen molar-refractivity contribution >= 4 is 28.6 Å². The molecular formula is C31H49IO3. The van der Waals surface area contributed by atoms with Crippen LogP contribution < -0.4 is 0 Å². The average Bonchev–Trinajstić information content (AvgIpc) is 2.77. The van der Waals surface area contributed by atoms with E-state index in [1.807, 2.05) is 0 Å². The Bertz CT molecular complexity index is 938. The van der Waals surface area contributed by atoms with E-state index < -0.39 is 0 Å². The Balaban J connectivity index is 1.61. The van der Waals surface area contributed by atoms with Gasteiger partial charge < -0.3 is 9.84 Å². The summed E-state index contributed by atoms with van der Waals surface area (Å²) < 4.78 is 5.81. The van der Waals surface area contributed by atoms with Gasteiger partial charge in [0.05, 0.1) is 18.6 Å². The third kappa shape index (κ3) is 3.32. The molecule has 0 amide bonds. The summed E-state index contributed by atoms with van der Waals surface area (Å²) in [5.74, 6) is 1.52. The molecule has 0 bridgehead atoms. The Morgan fingerprint density at radius 1 is 0.971 bits per heavy atom. The van der Waals surface area contributed by atoms with Crippen molar-refractivity contribution in [3.63, 3.8) is 0 Å². The highest BCUT2D eigenvalue weighted by Crippen LogP contribution is 2.76. The first-order valence-electron chi connectivity index (χ1n) is 14.2. The number of methoxy groups -OCH3 is 1. The number of alkyl halides is 1. The Morgan fingerprint density at radius 2 is 1.63 bits per heavy atom. The molecule has 4 saturated carbocycles. The number of aliphatic hydroxyl groups is 1. The van der Waals surface area contributed by atoms with Gasteiger partial charge in [-0.1, -0.05) is 82.7 Å². The van der Waals surface area contributed by atoms with Crippen LogP contribution in [0.2, 0.25) is 0 Å². The summed E-state index contributed by atoms with van der Waals surface area (Å²) in [6.07, 6.45) is 12.3. The number of hydrogen-bond donors (Lipinski definition) is 1. The fourth-order valence-corrected chi connectivity index (χ4v) is 12.8. The largest absolute Gasteiger partial charge is 0.469 e. The predicted molar refractivity (Wildman–Crippen MR) is 150 cm³/mol. The van der Waals surface area contributed by atoms with Gasteiger partial charge in [0.1, 0.15) is 0 Å². The van der Waals surface area contributed by atoms with Gasteiger partial charge in [0.15, 0.2) is 0 Å². The lowest BCUT2D eigenvalue weighted by Gasteiger charge is -2.71. The van der Waals surface area contributed by atoms with Crippen molar-refractivity contribution in [2.24, 2.45) is 50.2 Å². The topological polar surface area (TPSA) is 46.5 Å². The van der Waals surface area contributed by atoms with Crippen molar-refractivity contribution in [2.45, 2.75) is 116 Å². The minimum atomic E-state index is -0.329. The third-order valence-electron chi connectivity index (χ3n) is 13.1. The molecular weight excluding hydrogens is 547 g/mol. The van der Waals surface area contributed by atoms with Crippen LogP contribution >= 0.6 is 22.6 Å². The third-order valence-corrected chi connectivity index (χ3v) is 14.3. The van der Waals surface area contributed by atoms with E-state index in [1.54, 1.807) is 12.7 Å². The normalized spacial score (nSPS) is 52.2. The quantitative estimate of drug-likeness (QED) is 0.146. The molecule has 9 atom stereocenters. The molecule has 4 heteroatoms. The number of fused-ring (bicyclic) bond motifs is 7. The Labute approximate surface area is 227 Å². The van der Waals surface area contributed by atoms with Gasteiger partial charge in [-0.2, -0.15) is 0 Å². The highest BCUT2D eigenvalue weighted by atomic mass is 127. The zero-order chi connectivity index (χ0) is 25.8. The van der Waals surface area contributed by atoms with Crippen LogP contribution in [0.25, 0.3) is 0 Å². The van der Waals surface area contributed by atoms with Crippen molar-refractivity contribution < 1.29 is 14.6 Å². The Kier molecular flexibility index (Phi) is 6.03. The summed E-state index contributed by atoms with van der Waals surface area (Å²) in [5.41, 5.74) is 2.07. The first-order chi connectivity index (χ1) is 16.1. The summed E-state index contributed by atoms with van der Waals surface area (Å²) in [7, 11) is 1.59. The standard InChI is InChI=1S/C31H49IO3/c1-26(2)13-15-31(25(34)35-8)16-14-29(6)19(20(31)17-26)9-10-23-28(5)18-21(32)24(33)27(3,4)22(28)11-12-30(23,29)7/h9,20-24,33H,10-18H2,1-8H3/t20-,21+,22-,23+,24-,28-,29+,30+,31-/m0/s1. The first kappa shape index (κ1) is 26.5. The summed E-state index contributed by atoms with van der Waals surface area (Å²) in [6.45, 7) is 17.2. The van der Waals surface area contributed by atoms with Gasteiger partial charge in [-0.05, 0) is 103 Å². The van der Waals surface area contributed by atoms with Gasteiger partial charge in [0.2, 0.25) is 0 Å². The number of halogens is 1. The second-order valence-electron chi connectivity index (χ2n) is 15.3. The zero-order valence-electron chi connectivity index (χ0n) is 23.5. The minimum Gasteiger partial charge on any atom is -0.469 e. The highest BCUT2D eigenvalue weighted by Gasteiger charge is 2.70. The summed E-state index contributed by atoms with van der Waals surface area (Å²) in [6, 6.07) is 0. The Morgan fingerprint density at radius 3 is 2.29 bits per heavy atom. The molecule has 198 valence electrons. The highest BCUT2D eigenvalue weighted by molar-refractivity contribution is 14.1. The monoisotopic (exact) mass is 596 g/mol. The van der Waals surface area contributed by atoms with Gasteiger partial charge in [0, 0.05) is 3.92 Å². The molecule has 5 rings (SSSR count). The van der Waals surface area contributed by atoms with Crippen molar-refractivity contribution in [3.8, 4) is 0 Å². The average molecular weight is 597 g/mol. The minimum absolute atomic E-state index is 0.0414. The van der Waals surface area contributed by atoms with E-state index in [0.717, 1.165) is 44.9 Å². The zero-order valence-corrected chi connectivity index (χ0v) is 25.6. The predicted octanol–water partition coefficient (Wildman–Crippen LogP) is 7.74. The van der Waals surface area contributed by atoms with Crippen LogP contribution in [0.1, 0.15) is 106 Å². The molecule has 4 fully saturated rings. The number of carbonyl (C=O) groups excluding carboxylic acids is 1. The van der Waals surface area contributed by atoms with Crippen LogP contribution in [-0.4, -0.2) is 28.2 Å². The maximum absolute atomic E-state index is 13.4. The number of esters is 1. The van der Waals surface area contributed by atoms with E-state index in [9.17, 15) is 9.90 Å². The molecule has 3 nitrogen and oxygen atoms in total. The molecule has 5 aliphatic carbocycles. The molecule has 0 aliphatic heterocycles. The molecule has 0 aromatic carbocycles. The van der Waals surface area contributed by atoms with Crippen molar-refractivity contribution in [1.29, 1.82) is 0 Å². The Hall–Kier alpha value is -0.100. The number of aliphatic hydroxyl groups excluding tert-OH is 1. The molecule has 0 heterocycles.